The summed E-state index contributed by atoms with van der Waals surface area (Å²) in [5, 5.41) is 13.1. The van der Waals surface area contributed by atoms with Gasteiger partial charge in [-0.15, -0.1) is 0 Å². The number of aliphatic hydroxyl groups excluding tert-OH is 1. The lowest BCUT2D eigenvalue weighted by atomic mass is 10.1. The Morgan fingerprint density at radius 3 is 2.68 bits per heavy atom. The van der Waals surface area contributed by atoms with Crippen molar-refractivity contribution in [3.8, 4) is 0 Å². The Morgan fingerprint density at radius 1 is 1.26 bits per heavy atom. The van der Waals surface area contributed by atoms with E-state index in [1.54, 1.807) is 18.2 Å². The Balaban J connectivity index is 2.04. The standard InChI is InChI=1S/C15H15BrFNO/c1-10-6-11(16)8-12(7-10)18-9-15(19)13-4-2-3-5-14(13)17/h2-8,15,18-19H,9H2,1H3. The minimum absolute atomic E-state index is 0.261. The number of anilines is 1. The van der Waals surface area contributed by atoms with Crippen LogP contribution in [0.3, 0.4) is 0 Å². The SMILES string of the molecule is Cc1cc(Br)cc(NCC(O)c2ccccc2F)c1. The Hall–Kier alpha value is -1.39. The fourth-order valence-electron chi connectivity index (χ4n) is 1.91. The smallest absolute Gasteiger partial charge is 0.129 e. The molecule has 4 heteroatoms. The lowest BCUT2D eigenvalue weighted by molar-refractivity contribution is 0.186. The molecule has 0 saturated carbocycles. The van der Waals surface area contributed by atoms with Crippen LogP contribution in [0.15, 0.2) is 46.9 Å². The molecule has 0 bridgehead atoms. The summed E-state index contributed by atoms with van der Waals surface area (Å²) >= 11 is 3.41. The number of rotatable bonds is 4. The highest BCUT2D eigenvalue weighted by molar-refractivity contribution is 9.10. The van der Waals surface area contributed by atoms with Gasteiger partial charge in [-0.1, -0.05) is 34.1 Å². The first-order valence-electron chi connectivity index (χ1n) is 6.00. The quantitative estimate of drug-likeness (QED) is 0.889. The summed E-state index contributed by atoms with van der Waals surface area (Å²) in [4.78, 5) is 0. The lowest BCUT2D eigenvalue weighted by Gasteiger charge is -2.14. The normalized spacial score (nSPS) is 12.2. The molecule has 2 N–H and O–H groups in total. The van der Waals surface area contributed by atoms with Crippen LogP contribution in [0.4, 0.5) is 10.1 Å². The maximum absolute atomic E-state index is 13.5. The van der Waals surface area contributed by atoms with E-state index in [4.69, 9.17) is 0 Å². The van der Waals surface area contributed by atoms with E-state index in [0.29, 0.717) is 5.56 Å². The molecule has 2 nitrogen and oxygen atoms in total. The van der Waals surface area contributed by atoms with Crippen molar-refractivity contribution in [1.29, 1.82) is 0 Å². The van der Waals surface area contributed by atoms with E-state index in [1.165, 1.54) is 6.07 Å². The lowest BCUT2D eigenvalue weighted by Crippen LogP contribution is -2.13. The number of hydrogen-bond acceptors (Lipinski definition) is 2. The maximum Gasteiger partial charge on any atom is 0.129 e. The van der Waals surface area contributed by atoms with Crippen LogP contribution in [0, 0.1) is 12.7 Å². The van der Waals surface area contributed by atoms with Gasteiger partial charge in [-0.25, -0.2) is 4.39 Å². The Labute approximate surface area is 120 Å². The molecular formula is C15H15BrFNO. The van der Waals surface area contributed by atoms with E-state index in [2.05, 4.69) is 21.2 Å². The Kier molecular flexibility index (Phi) is 4.56. The molecule has 0 aliphatic rings. The van der Waals surface area contributed by atoms with E-state index >= 15 is 0 Å². The second-order valence-corrected chi connectivity index (χ2v) is 5.35. The van der Waals surface area contributed by atoms with Crippen LogP contribution in [0.2, 0.25) is 0 Å². The van der Waals surface area contributed by atoms with Gasteiger partial charge in [-0.2, -0.15) is 0 Å². The fraction of sp³-hybridized carbons (Fsp3) is 0.200. The van der Waals surface area contributed by atoms with Gasteiger partial charge in [0.05, 0.1) is 6.10 Å². The molecule has 2 aromatic carbocycles. The molecule has 100 valence electrons. The van der Waals surface area contributed by atoms with Crippen LogP contribution < -0.4 is 5.32 Å². The number of aryl methyl sites for hydroxylation is 1. The highest BCUT2D eigenvalue weighted by Gasteiger charge is 2.11. The molecule has 1 unspecified atom stereocenters. The highest BCUT2D eigenvalue weighted by atomic mass is 79.9. The van der Waals surface area contributed by atoms with E-state index in [1.807, 2.05) is 25.1 Å². The number of aliphatic hydroxyl groups is 1. The zero-order valence-corrected chi connectivity index (χ0v) is 12.1. The minimum atomic E-state index is -0.875. The van der Waals surface area contributed by atoms with Gasteiger partial charge in [-0.3, -0.25) is 0 Å². The first-order chi connectivity index (χ1) is 9.06. The monoisotopic (exact) mass is 323 g/mol. The number of halogens is 2. The third kappa shape index (κ3) is 3.78. The van der Waals surface area contributed by atoms with E-state index in [9.17, 15) is 9.50 Å². The number of benzene rings is 2. The van der Waals surface area contributed by atoms with Crippen molar-refractivity contribution < 1.29 is 9.50 Å². The predicted octanol–water partition coefficient (Wildman–Crippen LogP) is 4.04. The zero-order valence-electron chi connectivity index (χ0n) is 10.5. The third-order valence-electron chi connectivity index (χ3n) is 2.81. The van der Waals surface area contributed by atoms with Gasteiger partial charge in [0.1, 0.15) is 5.82 Å². The molecule has 0 amide bonds. The predicted molar refractivity (Wildman–Crippen MR) is 78.7 cm³/mol. The second kappa shape index (κ2) is 6.17. The molecule has 0 spiro atoms. The van der Waals surface area contributed by atoms with Gasteiger partial charge >= 0.3 is 0 Å². The highest BCUT2D eigenvalue weighted by Crippen LogP contribution is 2.21. The molecule has 0 aliphatic heterocycles. The largest absolute Gasteiger partial charge is 0.386 e. The van der Waals surface area contributed by atoms with Crippen LogP contribution in [0.5, 0.6) is 0 Å². The molecule has 0 aromatic heterocycles. The zero-order chi connectivity index (χ0) is 13.8. The van der Waals surface area contributed by atoms with Crippen LogP contribution >= 0.6 is 15.9 Å². The topological polar surface area (TPSA) is 32.3 Å². The molecule has 0 fully saturated rings. The van der Waals surface area contributed by atoms with Crippen molar-refractivity contribution in [3.63, 3.8) is 0 Å². The third-order valence-corrected chi connectivity index (χ3v) is 3.26. The maximum atomic E-state index is 13.5. The fourth-order valence-corrected chi connectivity index (χ4v) is 2.52. The summed E-state index contributed by atoms with van der Waals surface area (Å²) in [5.74, 6) is -0.387. The van der Waals surface area contributed by atoms with Crippen molar-refractivity contribution in [2.45, 2.75) is 13.0 Å². The van der Waals surface area contributed by atoms with Crippen molar-refractivity contribution in [2.75, 3.05) is 11.9 Å². The van der Waals surface area contributed by atoms with Gasteiger partial charge in [0.2, 0.25) is 0 Å². The molecule has 19 heavy (non-hydrogen) atoms. The summed E-state index contributed by atoms with van der Waals surface area (Å²) in [5.41, 5.74) is 2.31. The number of hydrogen-bond donors (Lipinski definition) is 2. The number of nitrogens with one attached hydrogen (secondary N) is 1. The molecule has 0 radical (unpaired) electrons. The van der Waals surface area contributed by atoms with Gasteiger partial charge in [0.15, 0.2) is 0 Å². The second-order valence-electron chi connectivity index (χ2n) is 4.44. The van der Waals surface area contributed by atoms with Crippen LogP contribution in [0.25, 0.3) is 0 Å². The summed E-state index contributed by atoms with van der Waals surface area (Å²) in [6.07, 6.45) is -0.875. The molecule has 0 aliphatic carbocycles. The van der Waals surface area contributed by atoms with Crippen molar-refractivity contribution >= 4 is 21.6 Å². The van der Waals surface area contributed by atoms with Crippen molar-refractivity contribution in [3.05, 3.63) is 63.9 Å². The van der Waals surface area contributed by atoms with Crippen molar-refractivity contribution in [1.82, 2.24) is 0 Å². The Morgan fingerprint density at radius 2 is 2.00 bits per heavy atom. The average molecular weight is 324 g/mol. The first kappa shape index (κ1) is 14.0. The van der Waals surface area contributed by atoms with E-state index in [0.717, 1.165) is 15.7 Å². The summed E-state index contributed by atoms with van der Waals surface area (Å²) in [7, 11) is 0. The van der Waals surface area contributed by atoms with Crippen LogP contribution in [-0.4, -0.2) is 11.7 Å². The van der Waals surface area contributed by atoms with Gasteiger partial charge < -0.3 is 10.4 Å². The van der Waals surface area contributed by atoms with Crippen molar-refractivity contribution in [2.24, 2.45) is 0 Å². The molecule has 2 rings (SSSR count). The summed E-state index contributed by atoms with van der Waals surface area (Å²) in [6.45, 7) is 2.25. The molecule has 0 heterocycles. The molecule has 0 saturated heterocycles. The van der Waals surface area contributed by atoms with Crippen LogP contribution in [-0.2, 0) is 0 Å². The van der Waals surface area contributed by atoms with Gasteiger partial charge in [0.25, 0.3) is 0 Å². The average Bonchev–Trinajstić information content (AvgIpc) is 2.35. The van der Waals surface area contributed by atoms with E-state index in [-0.39, 0.29) is 12.4 Å². The van der Waals surface area contributed by atoms with Gasteiger partial charge in [0, 0.05) is 22.3 Å². The molecule has 2 aromatic rings. The Bertz CT molecular complexity index is 554. The molecule has 1 atom stereocenters. The molecular weight excluding hydrogens is 309 g/mol. The minimum Gasteiger partial charge on any atom is -0.386 e. The summed E-state index contributed by atoms with van der Waals surface area (Å²) in [6, 6.07) is 12.1. The van der Waals surface area contributed by atoms with Gasteiger partial charge in [-0.05, 0) is 36.8 Å². The summed E-state index contributed by atoms with van der Waals surface area (Å²) < 4.78 is 14.5. The van der Waals surface area contributed by atoms with Crippen LogP contribution in [0.1, 0.15) is 17.2 Å². The van der Waals surface area contributed by atoms with E-state index < -0.39 is 6.10 Å². The first-order valence-corrected chi connectivity index (χ1v) is 6.79.